The molecule has 0 radical (unpaired) electrons. The van der Waals surface area contributed by atoms with Gasteiger partial charge in [-0.1, -0.05) is 13.8 Å². The Labute approximate surface area is 190 Å². The highest BCUT2D eigenvalue weighted by Gasteiger charge is 2.66. The summed E-state index contributed by atoms with van der Waals surface area (Å²) in [5.41, 5.74) is 0.959. The normalized spacial score (nSPS) is 15.0. The molecule has 1 aromatic carbocycles. The maximum absolute atomic E-state index is 13.4. The number of hydrogen-bond donors (Lipinski definition) is 1. The molecular weight excluding hydrogens is 657 g/mol. The minimum Gasteiger partial charge on any atom is -0.480 e. The minimum absolute atomic E-state index is 0.125. The summed E-state index contributed by atoms with van der Waals surface area (Å²) < 4.78 is 104. The Morgan fingerprint density at radius 3 is 2.03 bits per heavy atom. The van der Waals surface area contributed by atoms with Crippen LogP contribution >= 0.6 is 45.2 Å². The zero-order valence-electron chi connectivity index (χ0n) is 14.8. The maximum atomic E-state index is 13.4. The highest BCUT2D eigenvalue weighted by atomic mass is 127. The van der Waals surface area contributed by atoms with Crippen LogP contribution < -0.4 is 4.74 Å². The molecule has 0 spiro atoms. The van der Waals surface area contributed by atoms with Crippen LogP contribution in [0.2, 0.25) is 0 Å². The summed E-state index contributed by atoms with van der Waals surface area (Å²) in [6.45, 7) is 2.76. The number of carbonyl (C=O) groups excluding carboxylic acids is 1. The number of hydrogen-bond acceptors (Lipinski definition) is 5. The number of esters is 1. The number of ether oxygens (including phenoxy) is 2. The Morgan fingerprint density at radius 1 is 1.17 bits per heavy atom. The van der Waals surface area contributed by atoms with Crippen molar-refractivity contribution in [3.05, 3.63) is 24.8 Å². The highest BCUT2D eigenvalue weighted by Crippen LogP contribution is 2.38. The second-order valence-electron chi connectivity index (χ2n) is 5.86. The third-order valence-corrected chi connectivity index (χ3v) is 6.24. The fourth-order valence-electron chi connectivity index (χ4n) is 2.00. The van der Waals surface area contributed by atoms with E-state index in [4.69, 9.17) is 9.29 Å². The molecule has 1 rings (SSSR count). The van der Waals surface area contributed by atoms with Gasteiger partial charge in [-0.2, -0.15) is 30.4 Å². The zero-order valence-corrected chi connectivity index (χ0v) is 19.9. The lowest BCUT2D eigenvalue weighted by atomic mass is 9.99. The lowest BCUT2D eigenvalue weighted by Gasteiger charge is -2.26. The van der Waals surface area contributed by atoms with E-state index in [1.54, 1.807) is 12.1 Å². The summed E-state index contributed by atoms with van der Waals surface area (Å²) in [7, 11) is -6.50. The molecule has 14 heteroatoms. The van der Waals surface area contributed by atoms with E-state index < -0.39 is 40.2 Å². The van der Waals surface area contributed by atoms with Gasteiger partial charge in [-0.3, -0.25) is 4.55 Å². The van der Waals surface area contributed by atoms with Gasteiger partial charge < -0.3 is 9.47 Å². The first kappa shape index (κ1) is 26.5. The first-order chi connectivity index (χ1) is 13.0. The molecule has 6 nitrogen and oxygen atoms in total. The van der Waals surface area contributed by atoms with E-state index in [1.807, 2.05) is 59.0 Å². The summed E-state index contributed by atoms with van der Waals surface area (Å²) in [4.78, 5) is 11.6. The molecule has 0 amide bonds. The second-order valence-corrected chi connectivity index (χ2v) is 9.68. The van der Waals surface area contributed by atoms with Gasteiger partial charge in [-0.05, 0) is 75.2 Å². The molecule has 1 N–H and O–H groups in total. The molecule has 166 valence electrons. The van der Waals surface area contributed by atoms with E-state index in [1.165, 1.54) is 0 Å². The average molecular weight is 672 g/mol. The van der Waals surface area contributed by atoms with Gasteiger partial charge in [-0.25, -0.2) is 4.79 Å². The molecule has 0 heterocycles. The van der Waals surface area contributed by atoms with Gasteiger partial charge in [0.1, 0.15) is 5.75 Å². The van der Waals surface area contributed by atoms with Gasteiger partial charge in [0.25, 0.3) is 6.10 Å². The third kappa shape index (κ3) is 6.75. The predicted octanol–water partition coefficient (Wildman–Crippen LogP) is 4.74. The van der Waals surface area contributed by atoms with Crippen LogP contribution in [0.4, 0.5) is 22.0 Å². The van der Waals surface area contributed by atoms with Crippen molar-refractivity contribution < 1.29 is 49.2 Å². The van der Waals surface area contributed by atoms with Crippen molar-refractivity contribution >= 4 is 61.3 Å². The molecule has 29 heavy (non-hydrogen) atoms. The minimum atomic E-state index is -6.50. The van der Waals surface area contributed by atoms with E-state index in [9.17, 15) is 35.2 Å². The standard InChI is InChI=1S/C15H15F5I2O6S/c1-3-7(2)8-4-9(21)12(10(22)5-8)27-6-11(23)28-13(14(16,17)18)15(19,20)29(24,25)26/h4-5,7,13H,3,6H2,1-2H3,(H,24,25,26). The monoisotopic (exact) mass is 672 g/mol. The molecular formula is C15H15F5I2O6S. The maximum Gasteiger partial charge on any atom is 0.432 e. The number of rotatable bonds is 8. The molecule has 2 atom stereocenters. The summed E-state index contributed by atoms with van der Waals surface area (Å²) in [6, 6.07) is 3.48. The Kier molecular flexibility index (Phi) is 8.93. The van der Waals surface area contributed by atoms with Crippen molar-refractivity contribution in [1.29, 1.82) is 0 Å². The molecule has 2 unspecified atom stereocenters. The number of benzene rings is 1. The lowest BCUT2D eigenvalue weighted by Crippen LogP contribution is -2.52. The smallest absolute Gasteiger partial charge is 0.432 e. The van der Waals surface area contributed by atoms with Crippen molar-refractivity contribution in [3.63, 3.8) is 0 Å². The second kappa shape index (κ2) is 9.76. The number of carbonyl (C=O) groups is 1. The Balaban J connectivity index is 3.00. The van der Waals surface area contributed by atoms with Crippen molar-refractivity contribution in [3.8, 4) is 5.75 Å². The first-order valence-electron chi connectivity index (χ1n) is 7.75. The Hall–Kier alpha value is -0.490. The van der Waals surface area contributed by atoms with Crippen molar-refractivity contribution in [1.82, 2.24) is 0 Å². The van der Waals surface area contributed by atoms with Crippen LogP contribution in [0.1, 0.15) is 31.7 Å². The molecule has 0 aliphatic rings. The summed E-state index contributed by atoms with van der Waals surface area (Å²) in [5, 5.41) is -5.79. The van der Waals surface area contributed by atoms with Crippen LogP contribution in [0.25, 0.3) is 0 Å². The van der Waals surface area contributed by atoms with Crippen LogP contribution in [-0.2, 0) is 19.6 Å². The molecule has 0 fully saturated rings. The molecule has 0 aromatic heterocycles. The quantitative estimate of drug-likeness (QED) is 0.186. The largest absolute Gasteiger partial charge is 0.480 e. The molecule has 0 saturated carbocycles. The zero-order chi connectivity index (χ0) is 22.8. The van der Waals surface area contributed by atoms with Gasteiger partial charge in [-0.15, -0.1) is 0 Å². The van der Waals surface area contributed by atoms with Gasteiger partial charge in [0.15, 0.2) is 6.61 Å². The van der Waals surface area contributed by atoms with Gasteiger partial charge in [0, 0.05) is 0 Å². The van der Waals surface area contributed by atoms with Crippen LogP contribution in [0.3, 0.4) is 0 Å². The molecule has 0 bridgehead atoms. The third-order valence-electron chi connectivity index (χ3n) is 3.73. The van der Waals surface area contributed by atoms with Crippen LogP contribution in [0.5, 0.6) is 5.75 Å². The van der Waals surface area contributed by atoms with Gasteiger partial charge in [0.05, 0.1) is 7.14 Å². The fourth-order valence-corrected chi connectivity index (χ4v) is 4.58. The fraction of sp³-hybridized carbons (Fsp3) is 0.533. The van der Waals surface area contributed by atoms with E-state index in [0.29, 0.717) is 7.14 Å². The average Bonchev–Trinajstić information content (AvgIpc) is 2.55. The molecule has 1 aromatic rings. The van der Waals surface area contributed by atoms with E-state index >= 15 is 0 Å². The van der Waals surface area contributed by atoms with Crippen molar-refractivity contribution in [2.75, 3.05) is 6.61 Å². The Bertz CT molecular complexity index is 836. The van der Waals surface area contributed by atoms with E-state index in [2.05, 4.69) is 4.74 Å². The summed E-state index contributed by atoms with van der Waals surface area (Å²) in [6.07, 6.45) is -9.51. The first-order valence-corrected chi connectivity index (χ1v) is 11.3. The summed E-state index contributed by atoms with van der Waals surface area (Å²) >= 11 is 3.75. The predicted molar refractivity (Wildman–Crippen MR) is 109 cm³/mol. The van der Waals surface area contributed by atoms with E-state index in [0.717, 1.165) is 12.0 Å². The SMILES string of the molecule is CCC(C)c1cc(I)c(OCC(=O)OC(C(F)(F)F)C(F)(F)S(=O)(=O)O)c(I)c1. The highest BCUT2D eigenvalue weighted by molar-refractivity contribution is 14.1. The van der Waals surface area contributed by atoms with Crippen LogP contribution in [0, 0.1) is 7.14 Å². The van der Waals surface area contributed by atoms with Crippen LogP contribution in [-0.4, -0.2) is 43.1 Å². The lowest BCUT2D eigenvalue weighted by molar-refractivity contribution is -0.259. The Morgan fingerprint density at radius 2 is 1.66 bits per heavy atom. The number of alkyl halides is 5. The van der Waals surface area contributed by atoms with Gasteiger partial charge in [0.2, 0.25) is 0 Å². The number of halogens is 7. The van der Waals surface area contributed by atoms with Crippen molar-refractivity contribution in [2.24, 2.45) is 0 Å². The summed E-state index contributed by atoms with van der Waals surface area (Å²) in [5.74, 6) is -1.56. The topological polar surface area (TPSA) is 89.9 Å². The van der Waals surface area contributed by atoms with Crippen molar-refractivity contribution in [2.45, 2.75) is 43.7 Å². The van der Waals surface area contributed by atoms with Crippen LogP contribution in [0.15, 0.2) is 12.1 Å². The van der Waals surface area contributed by atoms with Gasteiger partial charge >= 0.3 is 27.5 Å². The molecule has 0 aliphatic carbocycles. The van der Waals surface area contributed by atoms with E-state index in [-0.39, 0.29) is 11.7 Å². The molecule has 0 saturated heterocycles. The molecule has 0 aliphatic heterocycles.